The summed E-state index contributed by atoms with van der Waals surface area (Å²) in [6.45, 7) is 2.33. The summed E-state index contributed by atoms with van der Waals surface area (Å²) in [6, 6.07) is 25.0. The van der Waals surface area contributed by atoms with Crippen LogP contribution in [0.1, 0.15) is 36.7 Å². The van der Waals surface area contributed by atoms with Crippen molar-refractivity contribution >= 4 is 10.9 Å². The molecule has 2 aromatic carbocycles. The van der Waals surface area contributed by atoms with Gasteiger partial charge in [-0.05, 0) is 37.0 Å². The summed E-state index contributed by atoms with van der Waals surface area (Å²) in [4.78, 5) is 7.69. The van der Waals surface area contributed by atoms with E-state index in [1.807, 2.05) is 0 Å². The molecule has 1 aromatic heterocycles. The van der Waals surface area contributed by atoms with Gasteiger partial charge in [0.1, 0.15) is 0 Å². The average molecular weight is 326 g/mol. The maximum atomic E-state index is 5.03. The van der Waals surface area contributed by atoms with Crippen molar-refractivity contribution in [2.45, 2.75) is 31.5 Å². The summed E-state index contributed by atoms with van der Waals surface area (Å²) >= 11 is 0. The molecule has 1 aliphatic heterocycles. The Morgan fingerprint density at radius 2 is 1.72 bits per heavy atom. The zero-order chi connectivity index (χ0) is 16.8. The zero-order valence-corrected chi connectivity index (χ0v) is 14.4. The standard InChI is InChI=1S/C23H22N2/c1-16(17-7-3-2-4-8-17)25-20-13-11-19(15-20)23(25)22-14-12-18-9-5-6-10-21(18)24-22/h2-14,16,19-20,23H,15H2,1H3/t16-,19+,20-,23+/m0/s1. The predicted molar refractivity (Wildman–Crippen MR) is 102 cm³/mol. The Morgan fingerprint density at radius 1 is 0.920 bits per heavy atom. The normalized spacial score (nSPS) is 26.4. The molecule has 0 amide bonds. The van der Waals surface area contributed by atoms with Gasteiger partial charge in [0, 0.05) is 17.5 Å². The number of hydrogen-bond donors (Lipinski definition) is 0. The van der Waals surface area contributed by atoms with Crippen molar-refractivity contribution in [1.29, 1.82) is 0 Å². The fraction of sp³-hybridized carbons (Fsp3) is 0.261. The second-order valence-electron chi connectivity index (χ2n) is 7.26. The molecule has 0 spiro atoms. The highest BCUT2D eigenvalue weighted by atomic mass is 15.3. The van der Waals surface area contributed by atoms with Crippen LogP contribution in [0.3, 0.4) is 0 Å². The number of para-hydroxylation sites is 1. The SMILES string of the molecule is C[C@@H](c1ccccc1)N1[C@H]2C=C[C@H](C2)[C@@H]1c1ccc2ccccc2n1. The lowest BCUT2D eigenvalue weighted by Crippen LogP contribution is -2.35. The van der Waals surface area contributed by atoms with Crippen molar-refractivity contribution in [2.75, 3.05) is 0 Å². The highest BCUT2D eigenvalue weighted by molar-refractivity contribution is 5.78. The van der Waals surface area contributed by atoms with Gasteiger partial charge in [-0.3, -0.25) is 9.88 Å². The van der Waals surface area contributed by atoms with E-state index in [1.54, 1.807) is 0 Å². The molecule has 0 radical (unpaired) electrons. The third kappa shape index (κ3) is 2.40. The molecule has 124 valence electrons. The van der Waals surface area contributed by atoms with Crippen LogP contribution >= 0.6 is 0 Å². The van der Waals surface area contributed by atoms with Gasteiger partial charge in [0.15, 0.2) is 0 Å². The quantitative estimate of drug-likeness (QED) is 0.607. The molecule has 2 heterocycles. The van der Waals surface area contributed by atoms with Gasteiger partial charge in [0.25, 0.3) is 0 Å². The van der Waals surface area contributed by atoms with E-state index in [0.29, 0.717) is 24.0 Å². The van der Waals surface area contributed by atoms with Crippen LogP contribution in [0.2, 0.25) is 0 Å². The molecule has 3 aromatic rings. The van der Waals surface area contributed by atoms with E-state index in [-0.39, 0.29) is 0 Å². The lowest BCUT2D eigenvalue weighted by atomic mass is 9.95. The molecule has 0 saturated carbocycles. The number of likely N-dealkylation sites (tertiary alicyclic amines) is 1. The van der Waals surface area contributed by atoms with Crippen LogP contribution in [0.4, 0.5) is 0 Å². The zero-order valence-electron chi connectivity index (χ0n) is 14.4. The van der Waals surface area contributed by atoms with E-state index in [0.717, 1.165) is 5.52 Å². The molecule has 1 saturated heterocycles. The maximum Gasteiger partial charge on any atom is 0.0706 e. The van der Waals surface area contributed by atoms with Crippen molar-refractivity contribution in [3.8, 4) is 0 Å². The van der Waals surface area contributed by atoms with Gasteiger partial charge < -0.3 is 0 Å². The van der Waals surface area contributed by atoms with Crippen molar-refractivity contribution in [1.82, 2.24) is 9.88 Å². The molecule has 0 unspecified atom stereocenters. The lowest BCUT2D eigenvalue weighted by Gasteiger charge is -2.37. The number of hydrogen-bond acceptors (Lipinski definition) is 2. The Bertz CT molecular complexity index is 931. The molecule has 2 heteroatoms. The highest BCUT2D eigenvalue weighted by Gasteiger charge is 2.46. The fourth-order valence-corrected chi connectivity index (χ4v) is 4.64. The van der Waals surface area contributed by atoms with Gasteiger partial charge in [0.2, 0.25) is 0 Å². The fourth-order valence-electron chi connectivity index (χ4n) is 4.64. The van der Waals surface area contributed by atoms with Crippen LogP contribution in [0.5, 0.6) is 0 Å². The van der Waals surface area contributed by atoms with E-state index in [9.17, 15) is 0 Å². The molecule has 2 nitrogen and oxygen atoms in total. The second kappa shape index (κ2) is 5.82. The van der Waals surface area contributed by atoms with E-state index in [2.05, 4.69) is 90.7 Å². The third-order valence-electron chi connectivity index (χ3n) is 5.86. The van der Waals surface area contributed by atoms with Crippen molar-refractivity contribution in [3.63, 3.8) is 0 Å². The summed E-state index contributed by atoms with van der Waals surface area (Å²) in [5.41, 5.74) is 3.69. The van der Waals surface area contributed by atoms with Gasteiger partial charge in [0.05, 0.1) is 17.3 Å². The maximum absolute atomic E-state index is 5.03. The molecule has 4 atom stereocenters. The van der Waals surface area contributed by atoms with Crippen LogP contribution in [0.15, 0.2) is 78.9 Å². The summed E-state index contributed by atoms with van der Waals surface area (Å²) < 4.78 is 0. The van der Waals surface area contributed by atoms with Crippen LogP contribution in [-0.2, 0) is 0 Å². The Balaban J connectivity index is 1.57. The lowest BCUT2D eigenvalue weighted by molar-refractivity contribution is 0.142. The number of rotatable bonds is 3. The van der Waals surface area contributed by atoms with Crippen molar-refractivity contribution in [2.24, 2.45) is 5.92 Å². The first-order valence-electron chi connectivity index (χ1n) is 9.18. The van der Waals surface area contributed by atoms with Gasteiger partial charge >= 0.3 is 0 Å². The van der Waals surface area contributed by atoms with E-state index < -0.39 is 0 Å². The topological polar surface area (TPSA) is 16.1 Å². The minimum Gasteiger partial charge on any atom is -0.281 e. The van der Waals surface area contributed by atoms with Gasteiger partial charge in [-0.15, -0.1) is 0 Å². The molecule has 0 N–H and O–H groups in total. The molecule has 1 aliphatic carbocycles. The number of fused-ring (bicyclic) bond motifs is 3. The first-order chi connectivity index (χ1) is 12.3. The van der Waals surface area contributed by atoms with E-state index in [1.165, 1.54) is 23.1 Å². The highest BCUT2D eigenvalue weighted by Crippen LogP contribution is 2.49. The number of pyridine rings is 1. The van der Waals surface area contributed by atoms with Crippen LogP contribution < -0.4 is 0 Å². The van der Waals surface area contributed by atoms with Crippen LogP contribution in [0, 0.1) is 5.92 Å². The number of benzene rings is 2. The Hall–Kier alpha value is -2.45. The molecule has 2 bridgehead atoms. The molecular formula is C23H22N2. The average Bonchev–Trinajstić information content (AvgIpc) is 3.29. The van der Waals surface area contributed by atoms with Crippen molar-refractivity contribution < 1.29 is 0 Å². The molecule has 5 rings (SSSR count). The molecule has 25 heavy (non-hydrogen) atoms. The van der Waals surface area contributed by atoms with Gasteiger partial charge in [-0.25, -0.2) is 0 Å². The largest absolute Gasteiger partial charge is 0.281 e. The smallest absolute Gasteiger partial charge is 0.0706 e. The molecule has 2 aliphatic rings. The Morgan fingerprint density at radius 3 is 2.60 bits per heavy atom. The summed E-state index contributed by atoms with van der Waals surface area (Å²) in [7, 11) is 0. The molecule has 1 fully saturated rings. The van der Waals surface area contributed by atoms with Gasteiger partial charge in [-0.1, -0.05) is 66.7 Å². The first kappa shape index (κ1) is 14.9. The van der Waals surface area contributed by atoms with Crippen LogP contribution in [0.25, 0.3) is 10.9 Å². The Kier molecular flexibility index (Phi) is 3.46. The monoisotopic (exact) mass is 326 g/mol. The molecular weight excluding hydrogens is 304 g/mol. The third-order valence-corrected chi connectivity index (χ3v) is 5.86. The minimum atomic E-state index is 0.370. The van der Waals surface area contributed by atoms with E-state index in [4.69, 9.17) is 4.98 Å². The van der Waals surface area contributed by atoms with Gasteiger partial charge in [-0.2, -0.15) is 0 Å². The summed E-state index contributed by atoms with van der Waals surface area (Å²) in [6.07, 6.45) is 6.01. The summed E-state index contributed by atoms with van der Waals surface area (Å²) in [5.74, 6) is 0.574. The first-order valence-corrected chi connectivity index (χ1v) is 9.18. The van der Waals surface area contributed by atoms with Crippen LogP contribution in [-0.4, -0.2) is 15.9 Å². The summed E-state index contributed by atoms with van der Waals surface area (Å²) in [5, 5.41) is 1.22. The predicted octanol–water partition coefficient (Wildman–Crippen LogP) is 5.30. The Labute approximate surface area is 148 Å². The van der Waals surface area contributed by atoms with E-state index >= 15 is 0 Å². The second-order valence-corrected chi connectivity index (χ2v) is 7.26. The number of nitrogens with zero attached hydrogens (tertiary/aromatic N) is 2. The van der Waals surface area contributed by atoms with Crippen molar-refractivity contribution in [3.05, 3.63) is 90.1 Å². The number of aromatic nitrogens is 1. The minimum absolute atomic E-state index is 0.370.